The van der Waals surface area contributed by atoms with Crippen LogP contribution in [0.3, 0.4) is 0 Å². The maximum absolute atomic E-state index is 10.1. The lowest BCUT2D eigenvalue weighted by molar-refractivity contribution is -0.136. The highest BCUT2D eigenvalue weighted by molar-refractivity contribution is 5.66. The molecule has 0 spiro atoms. The summed E-state index contributed by atoms with van der Waals surface area (Å²) in [7, 11) is 0. The SMILES string of the molecule is O=C(O)CCNCc1ccncn1. The topological polar surface area (TPSA) is 75.1 Å². The minimum Gasteiger partial charge on any atom is -0.481 e. The van der Waals surface area contributed by atoms with Gasteiger partial charge in [0, 0.05) is 19.3 Å². The number of carboxylic acids is 1. The van der Waals surface area contributed by atoms with Crippen LogP contribution in [0.4, 0.5) is 0 Å². The molecule has 1 heterocycles. The number of hydrogen-bond acceptors (Lipinski definition) is 4. The van der Waals surface area contributed by atoms with Gasteiger partial charge in [-0.3, -0.25) is 4.79 Å². The van der Waals surface area contributed by atoms with E-state index in [1.807, 2.05) is 0 Å². The first-order chi connectivity index (χ1) is 6.29. The van der Waals surface area contributed by atoms with Crippen molar-refractivity contribution in [3.05, 3.63) is 24.3 Å². The molecule has 0 fully saturated rings. The van der Waals surface area contributed by atoms with E-state index in [2.05, 4.69) is 15.3 Å². The maximum atomic E-state index is 10.1. The van der Waals surface area contributed by atoms with E-state index in [1.165, 1.54) is 6.33 Å². The Morgan fingerprint density at radius 3 is 3.08 bits per heavy atom. The molecule has 0 radical (unpaired) electrons. The normalized spacial score (nSPS) is 9.85. The fourth-order valence-electron chi connectivity index (χ4n) is 0.834. The van der Waals surface area contributed by atoms with Gasteiger partial charge in [-0.2, -0.15) is 0 Å². The first-order valence-corrected chi connectivity index (χ1v) is 3.96. The number of rotatable bonds is 5. The van der Waals surface area contributed by atoms with Gasteiger partial charge >= 0.3 is 5.97 Å². The van der Waals surface area contributed by atoms with Gasteiger partial charge < -0.3 is 10.4 Å². The Labute approximate surface area is 75.8 Å². The number of nitrogens with one attached hydrogen (secondary N) is 1. The number of hydrogen-bond donors (Lipinski definition) is 2. The Morgan fingerprint density at radius 1 is 1.62 bits per heavy atom. The average Bonchev–Trinajstić information content (AvgIpc) is 2.14. The molecule has 70 valence electrons. The zero-order chi connectivity index (χ0) is 9.52. The summed E-state index contributed by atoms with van der Waals surface area (Å²) in [5, 5.41) is 11.3. The molecule has 1 aromatic heterocycles. The molecule has 1 aromatic rings. The molecular formula is C8H11N3O2. The molecule has 0 saturated heterocycles. The molecule has 2 N–H and O–H groups in total. The van der Waals surface area contributed by atoms with E-state index in [4.69, 9.17) is 5.11 Å². The number of aliphatic carboxylic acids is 1. The minimum atomic E-state index is -0.796. The lowest BCUT2D eigenvalue weighted by Crippen LogP contribution is -2.18. The van der Waals surface area contributed by atoms with E-state index in [9.17, 15) is 4.79 Å². The van der Waals surface area contributed by atoms with Crippen LogP contribution < -0.4 is 5.32 Å². The molecule has 0 aromatic carbocycles. The predicted octanol–water partition coefficient (Wildman–Crippen LogP) is 0.0409. The van der Waals surface area contributed by atoms with Gasteiger partial charge in [0.1, 0.15) is 6.33 Å². The van der Waals surface area contributed by atoms with Crippen LogP contribution in [0, 0.1) is 0 Å². The second-order valence-electron chi connectivity index (χ2n) is 2.52. The van der Waals surface area contributed by atoms with Crippen molar-refractivity contribution in [1.29, 1.82) is 0 Å². The van der Waals surface area contributed by atoms with Crippen molar-refractivity contribution in [2.75, 3.05) is 6.54 Å². The van der Waals surface area contributed by atoms with Crippen LogP contribution in [0.1, 0.15) is 12.1 Å². The van der Waals surface area contributed by atoms with Crippen molar-refractivity contribution in [2.24, 2.45) is 0 Å². The molecule has 0 unspecified atom stereocenters. The van der Waals surface area contributed by atoms with E-state index in [-0.39, 0.29) is 6.42 Å². The Hall–Kier alpha value is -1.49. The number of aromatic nitrogens is 2. The smallest absolute Gasteiger partial charge is 0.304 e. The van der Waals surface area contributed by atoms with Gasteiger partial charge in [-0.25, -0.2) is 9.97 Å². The molecule has 0 bridgehead atoms. The highest BCUT2D eigenvalue weighted by Crippen LogP contribution is 1.89. The van der Waals surface area contributed by atoms with E-state index in [0.717, 1.165) is 5.69 Å². The van der Waals surface area contributed by atoms with Crippen LogP contribution in [0.25, 0.3) is 0 Å². The molecule has 0 aliphatic rings. The van der Waals surface area contributed by atoms with Crippen molar-refractivity contribution in [3.8, 4) is 0 Å². The molecule has 0 amide bonds. The average molecular weight is 181 g/mol. The van der Waals surface area contributed by atoms with E-state index in [1.54, 1.807) is 12.3 Å². The molecule has 5 nitrogen and oxygen atoms in total. The van der Waals surface area contributed by atoms with Crippen LogP contribution in [0.5, 0.6) is 0 Å². The minimum absolute atomic E-state index is 0.130. The summed E-state index contributed by atoms with van der Waals surface area (Å²) in [5.41, 5.74) is 0.861. The summed E-state index contributed by atoms with van der Waals surface area (Å²) in [5.74, 6) is -0.796. The van der Waals surface area contributed by atoms with Gasteiger partial charge in [0.05, 0.1) is 12.1 Å². The van der Waals surface area contributed by atoms with Gasteiger partial charge in [0.25, 0.3) is 0 Å². The van der Waals surface area contributed by atoms with E-state index in [0.29, 0.717) is 13.1 Å². The van der Waals surface area contributed by atoms with Crippen LogP contribution >= 0.6 is 0 Å². The third kappa shape index (κ3) is 4.17. The lowest BCUT2D eigenvalue weighted by Gasteiger charge is -2.00. The molecule has 13 heavy (non-hydrogen) atoms. The Balaban J connectivity index is 2.17. The fourth-order valence-corrected chi connectivity index (χ4v) is 0.834. The fraction of sp³-hybridized carbons (Fsp3) is 0.375. The molecular weight excluding hydrogens is 170 g/mol. The summed E-state index contributed by atoms with van der Waals surface area (Å²) < 4.78 is 0. The van der Waals surface area contributed by atoms with E-state index < -0.39 is 5.97 Å². The molecule has 5 heteroatoms. The summed E-state index contributed by atoms with van der Waals surface area (Å²) in [6.07, 6.45) is 3.25. The van der Waals surface area contributed by atoms with Gasteiger partial charge in [0.15, 0.2) is 0 Å². The van der Waals surface area contributed by atoms with Gasteiger partial charge in [-0.15, -0.1) is 0 Å². The molecule has 0 saturated carbocycles. The quantitative estimate of drug-likeness (QED) is 0.627. The lowest BCUT2D eigenvalue weighted by atomic mass is 10.4. The Kier molecular flexibility index (Phi) is 3.84. The zero-order valence-corrected chi connectivity index (χ0v) is 7.10. The summed E-state index contributed by atoms with van der Waals surface area (Å²) in [6.45, 7) is 1.04. The first-order valence-electron chi connectivity index (χ1n) is 3.96. The third-order valence-electron chi connectivity index (χ3n) is 1.46. The van der Waals surface area contributed by atoms with E-state index >= 15 is 0 Å². The third-order valence-corrected chi connectivity index (χ3v) is 1.46. The predicted molar refractivity (Wildman–Crippen MR) is 46.0 cm³/mol. The second kappa shape index (κ2) is 5.21. The molecule has 0 aliphatic heterocycles. The highest BCUT2D eigenvalue weighted by atomic mass is 16.4. The van der Waals surface area contributed by atoms with Crippen molar-refractivity contribution in [2.45, 2.75) is 13.0 Å². The van der Waals surface area contributed by atoms with Crippen molar-refractivity contribution in [3.63, 3.8) is 0 Å². The molecule has 0 aliphatic carbocycles. The van der Waals surface area contributed by atoms with Crippen molar-refractivity contribution < 1.29 is 9.90 Å². The monoisotopic (exact) mass is 181 g/mol. The number of carboxylic acid groups (broad SMARTS) is 1. The highest BCUT2D eigenvalue weighted by Gasteiger charge is 1.96. The second-order valence-corrected chi connectivity index (χ2v) is 2.52. The summed E-state index contributed by atoms with van der Waals surface area (Å²) in [6, 6.07) is 1.79. The number of carbonyl (C=O) groups is 1. The Morgan fingerprint density at radius 2 is 2.46 bits per heavy atom. The number of nitrogens with zero attached hydrogens (tertiary/aromatic N) is 2. The van der Waals surface area contributed by atoms with Crippen LogP contribution in [-0.4, -0.2) is 27.6 Å². The largest absolute Gasteiger partial charge is 0.481 e. The zero-order valence-electron chi connectivity index (χ0n) is 7.10. The van der Waals surface area contributed by atoms with Crippen LogP contribution in [0.15, 0.2) is 18.6 Å². The van der Waals surface area contributed by atoms with Gasteiger partial charge in [-0.1, -0.05) is 0 Å². The molecule has 0 atom stereocenters. The Bertz CT molecular complexity index is 263. The summed E-state index contributed by atoms with van der Waals surface area (Å²) >= 11 is 0. The van der Waals surface area contributed by atoms with Gasteiger partial charge in [0.2, 0.25) is 0 Å². The standard InChI is InChI=1S/C8H11N3O2/c12-8(13)2-4-9-5-7-1-3-10-6-11-7/h1,3,6,9H,2,4-5H2,(H,12,13). The van der Waals surface area contributed by atoms with Crippen LogP contribution in [0.2, 0.25) is 0 Å². The van der Waals surface area contributed by atoms with Crippen LogP contribution in [-0.2, 0) is 11.3 Å². The first kappa shape index (κ1) is 9.60. The van der Waals surface area contributed by atoms with Crippen molar-refractivity contribution in [1.82, 2.24) is 15.3 Å². The van der Waals surface area contributed by atoms with Crippen molar-refractivity contribution >= 4 is 5.97 Å². The van der Waals surface area contributed by atoms with Gasteiger partial charge in [-0.05, 0) is 6.07 Å². The molecule has 1 rings (SSSR count). The maximum Gasteiger partial charge on any atom is 0.304 e. The summed E-state index contributed by atoms with van der Waals surface area (Å²) in [4.78, 5) is 17.9.